The van der Waals surface area contributed by atoms with Crippen LogP contribution in [0.2, 0.25) is 0 Å². The van der Waals surface area contributed by atoms with Crippen LogP contribution in [0, 0.1) is 0 Å². The molecule has 0 bridgehead atoms. The van der Waals surface area contributed by atoms with Gasteiger partial charge in [-0.05, 0) is 53.1 Å². The van der Waals surface area contributed by atoms with Crippen molar-refractivity contribution in [2.45, 2.75) is 44.2 Å². The zero-order chi connectivity index (χ0) is 51.5. The monoisotopic (exact) mass is 988 g/mol. The highest BCUT2D eigenvalue weighted by Crippen LogP contribution is 2.54. The number of fused-ring (bicyclic) bond motifs is 2. The van der Waals surface area contributed by atoms with Gasteiger partial charge in [-0.3, -0.25) is 0 Å². The predicted molar refractivity (Wildman–Crippen MR) is 266 cm³/mol. The second-order valence-electron chi connectivity index (χ2n) is 17.9. The molecule has 4 unspecified atom stereocenters. The second-order valence-corrected chi connectivity index (χ2v) is 17.9. The lowest BCUT2D eigenvalue weighted by Gasteiger charge is -2.46. The van der Waals surface area contributed by atoms with Crippen molar-refractivity contribution in [1.29, 1.82) is 0 Å². The van der Waals surface area contributed by atoms with Crippen molar-refractivity contribution in [2.75, 3.05) is 132 Å². The molecule has 0 saturated carbocycles. The Morgan fingerprint density at radius 1 is 0.493 bits per heavy atom. The maximum Gasteiger partial charge on any atom is 0.331 e. The number of benzene rings is 4. The van der Waals surface area contributed by atoms with Gasteiger partial charge in [0, 0.05) is 49.8 Å². The number of methoxy groups -OCH3 is 11. The first-order valence-corrected chi connectivity index (χ1v) is 23.6. The molecule has 0 amide bonds. The first-order chi connectivity index (χ1) is 34.2. The number of esters is 2. The summed E-state index contributed by atoms with van der Waals surface area (Å²) in [6.07, 6.45) is 5.46. The van der Waals surface area contributed by atoms with Gasteiger partial charge < -0.3 is 70.5 Å². The van der Waals surface area contributed by atoms with E-state index >= 15 is 0 Å². The van der Waals surface area contributed by atoms with Gasteiger partial charge in [0.2, 0.25) is 17.2 Å². The second kappa shape index (κ2) is 23.9. The van der Waals surface area contributed by atoms with Crippen LogP contribution in [0.3, 0.4) is 0 Å². The Labute approximate surface area is 418 Å². The SMILES string of the molecule is COc1ccc(CC2c3c(cc(OC)c(OC)c3OC)CC[N+]2(C)CCCOC(=O)/C=C\C(=O)OCCC[N+]2(C)CCc3cc(OC)c(OC)c(OC)c3C2c2cc(OC)c(OC)c(OC)c2)cc1OC. The van der Waals surface area contributed by atoms with Crippen molar-refractivity contribution in [3.05, 3.63) is 88.0 Å². The molecular weight excluding hydrogens is 917 g/mol. The van der Waals surface area contributed by atoms with Crippen molar-refractivity contribution in [2.24, 2.45) is 0 Å². The van der Waals surface area contributed by atoms with Crippen LogP contribution in [0.15, 0.2) is 54.6 Å². The first-order valence-electron chi connectivity index (χ1n) is 23.6. The zero-order valence-corrected chi connectivity index (χ0v) is 43.6. The van der Waals surface area contributed by atoms with Crippen LogP contribution in [0.1, 0.15) is 58.3 Å². The number of hydrogen-bond acceptors (Lipinski definition) is 15. The molecule has 2 aliphatic heterocycles. The van der Waals surface area contributed by atoms with Gasteiger partial charge in [0.25, 0.3) is 0 Å². The van der Waals surface area contributed by atoms with Gasteiger partial charge in [-0.1, -0.05) is 6.07 Å². The third kappa shape index (κ3) is 11.3. The Hall–Kier alpha value is -6.72. The number of rotatable bonds is 24. The molecule has 17 nitrogen and oxygen atoms in total. The van der Waals surface area contributed by atoms with E-state index in [-0.39, 0.29) is 25.3 Å². The van der Waals surface area contributed by atoms with Crippen molar-refractivity contribution in [3.8, 4) is 63.2 Å². The summed E-state index contributed by atoms with van der Waals surface area (Å²) in [5.74, 6) is 4.95. The summed E-state index contributed by atoms with van der Waals surface area (Å²) >= 11 is 0. The molecule has 71 heavy (non-hydrogen) atoms. The fourth-order valence-electron chi connectivity index (χ4n) is 10.5. The predicted octanol–water partition coefficient (Wildman–Crippen LogP) is 7.28. The summed E-state index contributed by atoms with van der Waals surface area (Å²) in [5, 5.41) is 0. The van der Waals surface area contributed by atoms with E-state index in [9.17, 15) is 9.59 Å². The van der Waals surface area contributed by atoms with Crippen LogP contribution in [0.4, 0.5) is 0 Å². The summed E-state index contributed by atoms with van der Waals surface area (Å²) in [6.45, 7) is 3.14. The van der Waals surface area contributed by atoms with E-state index < -0.39 is 11.9 Å². The van der Waals surface area contributed by atoms with Gasteiger partial charge in [-0.2, -0.15) is 0 Å². The normalized spacial score (nSPS) is 19.1. The number of quaternary nitrogens is 2. The van der Waals surface area contributed by atoms with E-state index in [1.165, 1.54) is 0 Å². The fourth-order valence-corrected chi connectivity index (χ4v) is 10.5. The van der Waals surface area contributed by atoms with E-state index in [0.29, 0.717) is 105 Å². The third-order valence-electron chi connectivity index (χ3n) is 14.0. The van der Waals surface area contributed by atoms with Crippen LogP contribution in [0.25, 0.3) is 0 Å². The average molecular weight is 989 g/mol. The van der Waals surface area contributed by atoms with E-state index in [0.717, 1.165) is 71.5 Å². The molecule has 4 atom stereocenters. The maximum atomic E-state index is 13.0. The van der Waals surface area contributed by atoms with Crippen molar-refractivity contribution in [1.82, 2.24) is 0 Å². The molecule has 0 aromatic heterocycles. The Bertz CT molecular complexity index is 2520. The molecule has 386 valence electrons. The van der Waals surface area contributed by atoms with Gasteiger partial charge in [-0.15, -0.1) is 0 Å². The Morgan fingerprint density at radius 3 is 1.41 bits per heavy atom. The van der Waals surface area contributed by atoms with Gasteiger partial charge in [0.1, 0.15) is 12.1 Å². The summed E-state index contributed by atoms with van der Waals surface area (Å²) in [6, 6.07) is 13.6. The minimum Gasteiger partial charge on any atom is -0.493 e. The molecule has 0 spiro atoms. The molecule has 0 aliphatic carbocycles. The molecule has 0 radical (unpaired) electrons. The Kier molecular flexibility index (Phi) is 18.1. The standard InChI is InChI=1S/C54H72N2O15/c1-55(24-20-35-30-43(63-7)51(66-10)53(68-12)47(35)38(55)28-34-16-17-39(59-3)40(29-34)60-4)22-14-26-70-45(57)18-19-46(58)71-27-15-23-56(2)25-21-36-31-44(64-8)52(67-11)54(69-13)48(36)49(56)37-32-41(61-5)50(65-9)42(33-37)62-6/h16-19,29-33,38,49H,14-15,20-28H2,1-13H3/q+2/b19-18-. The van der Waals surface area contributed by atoms with E-state index in [1.54, 1.807) is 78.2 Å². The molecule has 2 heterocycles. The van der Waals surface area contributed by atoms with E-state index in [2.05, 4.69) is 14.1 Å². The molecule has 4 aromatic carbocycles. The number of nitrogens with zero attached hydrogens (tertiary/aromatic N) is 2. The summed E-state index contributed by atoms with van der Waals surface area (Å²) < 4.78 is 76.1. The lowest BCUT2D eigenvalue weighted by molar-refractivity contribution is -0.941. The molecule has 17 heteroatoms. The maximum absolute atomic E-state index is 13.0. The minimum atomic E-state index is -0.641. The quantitative estimate of drug-likeness (QED) is 0.0299. The van der Waals surface area contributed by atoms with Crippen LogP contribution in [-0.4, -0.2) is 153 Å². The third-order valence-corrected chi connectivity index (χ3v) is 14.0. The number of ether oxygens (including phenoxy) is 13. The lowest BCUT2D eigenvalue weighted by atomic mass is 9.84. The summed E-state index contributed by atoms with van der Waals surface area (Å²) in [7, 11) is 22.1. The zero-order valence-electron chi connectivity index (χ0n) is 43.6. The Balaban J connectivity index is 1.11. The van der Waals surface area contributed by atoms with E-state index in [4.69, 9.17) is 61.6 Å². The fraction of sp³-hybridized carbons (Fsp3) is 0.481. The van der Waals surface area contributed by atoms with Crippen LogP contribution >= 0.6 is 0 Å². The van der Waals surface area contributed by atoms with Gasteiger partial charge in [0.15, 0.2) is 46.0 Å². The van der Waals surface area contributed by atoms with Gasteiger partial charge in [0.05, 0.1) is 143 Å². The minimum absolute atomic E-state index is 0.0666. The van der Waals surface area contributed by atoms with Crippen LogP contribution in [0.5, 0.6) is 63.2 Å². The number of likely N-dealkylation sites (N-methyl/N-ethyl adjacent to an activating group) is 2. The molecule has 2 aliphatic rings. The number of carbonyl (C=O) groups excluding carboxylic acids is 2. The molecule has 6 rings (SSSR count). The largest absolute Gasteiger partial charge is 0.493 e. The molecular formula is C54H72N2O15+2. The average Bonchev–Trinajstić information content (AvgIpc) is 3.39. The Morgan fingerprint density at radius 2 is 0.930 bits per heavy atom. The summed E-state index contributed by atoms with van der Waals surface area (Å²) in [4.78, 5) is 25.9. The smallest absolute Gasteiger partial charge is 0.331 e. The highest BCUT2D eigenvalue weighted by Gasteiger charge is 2.45. The summed E-state index contributed by atoms with van der Waals surface area (Å²) in [5.41, 5.74) is 6.13. The van der Waals surface area contributed by atoms with Gasteiger partial charge in [-0.25, -0.2) is 9.59 Å². The lowest BCUT2D eigenvalue weighted by Crippen LogP contribution is -2.52. The highest BCUT2D eigenvalue weighted by atomic mass is 16.6. The van der Waals surface area contributed by atoms with Crippen molar-refractivity contribution >= 4 is 11.9 Å². The molecule has 0 fully saturated rings. The number of carbonyl (C=O) groups is 2. The van der Waals surface area contributed by atoms with E-state index in [1.807, 2.05) is 42.5 Å². The topological polar surface area (TPSA) is 154 Å². The molecule has 0 N–H and O–H groups in total. The first kappa shape index (κ1) is 53.6. The highest BCUT2D eigenvalue weighted by molar-refractivity contribution is 5.91. The van der Waals surface area contributed by atoms with Crippen LogP contribution in [-0.2, 0) is 38.3 Å². The van der Waals surface area contributed by atoms with Gasteiger partial charge >= 0.3 is 11.9 Å². The van der Waals surface area contributed by atoms with Crippen molar-refractivity contribution < 1.29 is 80.1 Å². The molecule has 0 saturated heterocycles. The number of hydrogen-bond donors (Lipinski definition) is 0. The van der Waals surface area contributed by atoms with Crippen LogP contribution < -0.4 is 52.1 Å². The van der Waals surface area contributed by atoms with Crippen molar-refractivity contribution in [3.63, 3.8) is 0 Å². The molecule has 4 aromatic rings.